The topological polar surface area (TPSA) is 84.2 Å². The maximum atomic E-state index is 12.1. The van der Waals surface area contributed by atoms with Gasteiger partial charge < -0.3 is 16.4 Å². The molecule has 0 fully saturated rings. The van der Waals surface area contributed by atoms with Crippen LogP contribution in [0, 0.1) is 0 Å². The Morgan fingerprint density at radius 2 is 1.86 bits per heavy atom. The van der Waals surface area contributed by atoms with Crippen LogP contribution in [0.15, 0.2) is 42.5 Å². The Labute approximate surface area is 129 Å². The molecule has 4 N–H and O–H groups in total. The van der Waals surface area contributed by atoms with Crippen LogP contribution in [0.25, 0.3) is 10.8 Å². The molecular formula is C17H21N3O2. The van der Waals surface area contributed by atoms with E-state index in [0.717, 1.165) is 16.5 Å². The van der Waals surface area contributed by atoms with Gasteiger partial charge in [0.15, 0.2) is 0 Å². The number of benzene rings is 2. The van der Waals surface area contributed by atoms with Crippen molar-refractivity contribution < 1.29 is 9.59 Å². The Morgan fingerprint density at radius 3 is 2.59 bits per heavy atom. The van der Waals surface area contributed by atoms with E-state index in [1.807, 2.05) is 42.5 Å². The van der Waals surface area contributed by atoms with Crippen molar-refractivity contribution in [2.45, 2.75) is 25.8 Å². The molecule has 0 bridgehead atoms. The fourth-order valence-corrected chi connectivity index (χ4v) is 2.22. The molecule has 1 unspecified atom stereocenters. The number of rotatable bonds is 6. The Morgan fingerprint density at radius 1 is 1.14 bits per heavy atom. The summed E-state index contributed by atoms with van der Waals surface area (Å²) in [6.45, 7) is 2.00. The molecule has 22 heavy (non-hydrogen) atoms. The zero-order valence-corrected chi connectivity index (χ0v) is 12.6. The third-order valence-corrected chi connectivity index (χ3v) is 3.42. The summed E-state index contributed by atoms with van der Waals surface area (Å²) in [6, 6.07) is 13.1. The van der Waals surface area contributed by atoms with Gasteiger partial charge in [-0.25, -0.2) is 0 Å². The summed E-state index contributed by atoms with van der Waals surface area (Å²) in [6.07, 6.45) is 1.20. The van der Waals surface area contributed by atoms with E-state index >= 15 is 0 Å². The highest BCUT2D eigenvalue weighted by atomic mass is 16.2. The smallest absolute Gasteiger partial charge is 0.241 e. The van der Waals surface area contributed by atoms with Crippen LogP contribution in [0.3, 0.4) is 0 Å². The number of hydrogen-bond donors (Lipinski definition) is 3. The zero-order valence-electron chi connectivity index (χ0n) is 12.6. The van der Waals surface area contributed by atoms with Gasteiger partial charge >= 0.3 is 0 Å². The van der Waals surface area contributed by atoms with Gasteiger partial charge in [0, 0.05) is 19.2 Å². The summed E-state index contributed by atoms with van der Waals surface area (Å²) in [5, 5.41) is 7.71. The number of nitrogens with one attached hydrogen (secondary N) is 2. The average molecular weight is 299 g/mol. The lowest BCUT2D eigenvalue weighted by Crippen LogP contribution is -2.36. The lowest BCUT2D eigenvalue weighted by atomic mass is 10.1. The first-order valence-corrected chi connectivity index (χ1v) is 7.36. The lowest BCUT2D eigenvalue weighted by Gasteiger charge is -2.13. The highest BCUT2D eigenvalue weighted by Gasteiger charge is 2.13. The minimum atomic E-state index is -0.583. The van der Waals surface area contributed by atoms with Crippen LogP contribution in [-0.2, 0) is 9.59 Å². The molecule has 0 heterocycles. The van der Waals surface area contributed by atoms with E-state index in [1.54, 1.807) is 0 Å². The molecule has 0 saturated carbocycles. The Balaban J connectivity index is 1.88. The fourth-order valence-electron chi connectivity index (χ4n) is 2.22. The molecule has 0 aliphatic carbocycles. The first kappa shape index (κ1) is 16.0. The molecule has 5 nitrogen and oxygen atoms in total. The zero-order chi connectivity index (χ0) is 15.9. The second kappa shape index (κ2) is 7.56. The molecule has 2 aromatic rings. The fraction of sp³-hybridized carbons (Fsp3) is 0.294. The van der Waals surface area contributed by atoms with Gasteiger partial charge in [0.1, 0.15) is 0 Å². The van der Waals surface area contributed by atoms with Crippen LogP contribution >= 0.6 is 0 Å². The molecule has 0 radical (unpaired) electrons. The minimum Gasteiger partial charge on any atom is -0.356 e. The van der Waals surface area contributed by atoms with Crippen LogP contribution in [0.5, 0.6) is 0 Å². The number of nitrogens with two attached hydrogens (primary N) is 1. The van der Waals surface area contributed by atoms with Crippen LogP contribution < -0.4 is 16.4 Å². The molecule has 2 amide bonds. The first-order chi connectivity index (χ1) is 10.6. The standard InChI is InChI=1S/C17H21N3O2/c1-12(21)19-10-4-7-16(18)17(22)20-15-9-8-13-5-2-3-6-14(13)11-15/h2-3,5-6,8-9,11,16H,4,7,10,18H2,1H3,(H,19,21)(H,20,22). The van der Waals surface area contributed by atoms with Gasteiger partial charge in [-0.3, -0.25) is 9.59 Å². The number of carbonyl (C=O) groups excluding carboxylic acids is 2. The number of anilines is 1. The maximum absolute atomic E-state index is 12.1. The van der Waals surface area contributed by atoms with Crippen molar-refractivity contribution in [2.75, 3.05) is 11.9 Å². The maximum Gasteiger partial charge on any atom is 0.241 e. The van der Waals surface area contributed by atoms with E-state index in [1.165, 1.54) is 6.92 Å². The van der Waals surface area contributed by atoms with Crippen molar-refractivity contribution in [1.82, 2.24) is 5.32 Å². The third kappa shape index (κ3) is 4.56. The summed E-state index contributed by atoms with van der Waals surface area (Å²) in [5.74, 6) is -0.285. The molecule has 2 rings (SSSR count). The van der Waals surface area contributed by atoms with Crippen molar-refractivity contribution in [3.8, 4) is 0 Å². The van der Waals surface area contributed by atoms with Gasteiger partial charge in [0.2, 0.25) is 11.8 Å². The number of fused-ring (bicyclic) bond motifs is 1. The number of amides is 2. The van der Waals surface area contributed by atoms with Crippen LogP contribution in [-0.4, -0.2) is 24.4 Å². The molecule has 1 atom stereocenters. The second-order valence-corrected chi connectivity index (χ2v) is 5.28. The van der Waals surface area contributed by atoms with E-state index in [4.69, 9.17) is 5.73 Å². The Kier molecular flexibility index (Phi) is 5.49. The number of carbonyl (C=O) groups is 2. The quantitative estimate of drug-likeness (QED) is 0.713. The summed E-state index contributed by atoms with van der Waals surface area (Å²) < 4.78 is 0. The van der Waals surface area contributed by atoms with Gasteiger partial charge in [-0.05, 0) is 35.7 Å². The molecule has 0 spiro atoms. The van der Waals surface area contributed by atoms with Gasteiger partial charge in [0.05, 0.1) is 6.04 Å². The van der Waals surface area contributed by atoms with Crippen molar-refractivity contribution in [2.24, 2.45) is 5.73 Å². The van der Waals surface area contributed by atoms with E-state index in [9.17, 15) is 9.59 Å². The molecule has 0 saturated heterocycles. The number of hydrogen-bond acceptors (Lipinski definition) is 3. The molecule has 116 valence electrons. The Bertz CT molecular complexity index is 670. The van der Waals surface area contributed by atoms with E-state index in [2.05, 4.69) is 10.6 Å². The lowest BCUT2D eigenvalue weighted by molar-refractivity contribution is -0.119. The van der Waals surface area contributed by atoms with Gasteiger partial charge in [0.25, 0.3) is 0 Å². The van der Waals surface area contributed by atoms with Gasteiger partial charge in [-0.15, -0.1) is 0 Å². The van der Waals surface area contributed by atoms with E-state index < -0.39 is 6.04 Å². The third-order valence-electron chi connectivity index (χ3n) is 3.42. The summed E-state index contributed by atoms with van der Waals surface area (Å²) >= 11 is 0. The molecule has 0 aliphatic rings. The van der Waals surface area contributed by atoms with Crippen LogP contribution in [0.1, 0.15) is 19.8 Å². The summed E-state index contributed by atoms with van der Waals surface area (Å²) in [7, 11) is 0. The summed E-state index contributed by atoms with van der Waals surface area (Å²) in [4.78, 5) is 22.8. The van der Waals surface area contributed by atoms with Crippen LogP contribution in [0.2, 0.25) is 0 Å². The summed E-state index contributed by atoms with van der Waals surface area (Å²) in [5.41, 5.74) is 6.61. The molecule has 2 aromatic carbocycles. The van der Waals surface area contributed by atoms with Gasteiger partial charge in [-0.2, -0.15) is 0 Å². The first-order valence-electron chi connectivity index (χ1n) is 7.36. The van der Waals surface area contributed by atoms with Gasteiger partial charge in [-0.1, -0.05) is 30.3 Å². The van der Waals surface area contributed by atoms with E-state index in [0.29, 0.717) is 19.4 Å². The normalized spacial score (nSPS) is 11.9. The van der Waals surface area contributed by atoms with Crippen LogP contribution in [0.4, 0.5) is 5.69 Å². The Hall–Kier alpha value is -2.40. The van der Waals surface area contributed by atoms with Crippen molar-refractivity contribution in [3.05, 3.63) is 42.5 Å². The van der Waals surface area contributed by atoms with Crippen molar-refractivity contribution >= 4 is 28.3 Å². The molecule has 0 aliphatic heterocycles. The van der Waals surface area contributed by atoms with Crippen molar-refractivity contribution in [3.63, 3.8) is 0 Å². The molecule has 0 aromatic heterocycles. The largest absolute Gasteiger partial charge is 0.356 e. The van der Waals surface area contributed by atoms with Crippen molar-refractivity contribution in [1.29, 1.82) is 0 Å². The second-order valence-electron chi connectivity index (χ2n) is 5.28. The average Bonchev–Trinajstić information content (AvgIpc) is 2.51. The molecule has 5 heteroatoms. The predicted octanol–water partition coefficient (Wildman–Crippen LogP) is 2.02. The predicted molar refractivity (Wildman–Crippen MR) is 88.5 cm³/mol. The van der Waals surface area contributed by atoms with E-state index in [-0.39, 0.29) is 11.8 Å². The minimum absolute atomic E-state index is 0.0748. The SMILES string of the molecule is CC(=O)NCCCC(N)C(=O)Nc1ccc2ccccc2c1. The highest BCUT2D eigenvalue weighted by Crippen LogP contribution is 2.19. The monoisotopic (exact) mass is 299 g/mol. The highest BCUT2D eigenvalue weighted by molar-refractivity contribution is 5.97. The molecular weight excluding hydrogens is 278 g/mol.